The molecule has 1 aromatic carbocycles. The lowest BCUT2D eigenvalue weighted by Crippen LogP contribution is -2.00. The summed E-state index contributed by atoms with van der Waals surface area (Å²) in [6, 6.07) is 7.56. The molecule has 0 aliphatic carbocycles. The Bertz CT molecular complexity index is 296. The predicted octanol–water partition coefficient (Wildman–Crippen LogP) is 3.81. The van der Waals surface area contributed by atoms with Crippen molar-refractivity contribution in [1.29, 1.82) is 0 Å². The van der Waals surface area contributed by atoms with E-state index in [2.05, 4.69) is 6.92 Å². The second-order valence-corrected chi connectivity index (χ2v) is 3.81. The Hall–Kier alpha value is -0.820. The van der Waals surface area contributed by atoms with Gasteiger partial charge in [-0.15, -0.1) is 0 Å². The van der Waals surface area contributed by atoms with E-state index in [-0.39, 0.29) is 5.92 Å². The van der Waals surface area contributed by atoms with E-state index < -0.39 is 0 Å². The van der Waals surface area contributed by atoms with E-state index in [1.54, 1.807) is 0 Å². The van der Waals surface area contributed by atoms with Crippen molar-refractivity contribution in [2.24, 2.45) is 0 Å². The molecule has 2 heteroatoms. The van der Waals surface area contributed by atoms with Crippen LogP contribution in [0.3, 0.4) is 0 Å². The summed E-state index contributed by atoms with van der Waals surface area (Å²) in [5.41, 5.74) is 0.956. The second-order valence-electron chi connectivity index (χ2n) is 3.41. The van der Waals surface area contributed by atoms with Crippen molar-refractivity contribution < 1.29 is 4.79 Å². The van der Waals surface area contributed by atoms with Crippen molar-refractivity contribution in [2.75, 3.05) is 0 Å². The maximum absolute atomic E-state index is 10.9. The number of carbonyl (C=O) groups is 1. The van der Waals surface area contributed by atoms with E-state index in [0.717, 1.165) is 31.1 Å². The van der Waals surface area contributed by atoms with E-state index in [4.69, 9.17) is 11.6 Å². The molecule has 0 bridgehead atoms. The molecule has 1 rings (SSSR count). The molecule has 1 aromatic rings. The van der Waals surface area contributed by atoms with Gasteiger partial charge < -0.3 is 4.79 Å². The Morgan fingerprint density at radius 2 is 2.14 bits per heavy atom. The molecule has 0 radical (unpaired) electrons. The van der Waals surface area contributed by atoms with E-state index in [9.17, 15) is 4.79 Å². The number of unbranched alkanes of at least 4 members (excludes halogenated alkanes) is 1. The molecular formula is C12H15ClO. The summed E-state index contributed by atoms with van der Waals surface area (Å²) in [7, 11) is 0. The highest BCUT2D eigenvalue weighted by Crippen LogP contribution is 2.26. The number of carbonyl (C=O) groups excluding carboxylic acids is 1. The fraction of sp³-hybridized carbons (Fsp3) is 0.417. The quantitative estimate of drug-likeness (QED) is 0.676. The lowest BCUT2D eigenvalue weighted by atomic mass is 9.95. The number of hydrogen-bond donors (Lipinski definition) is 0. The minimum atomic E-state index is -0.0383. The van der Waals surface area contributed by atoms with Crippen molar-refractivity contribution in [3.63, 3.8) is 0 Å². The molecule has 0 saturated heterocycles. The van der Waals surface area contributed by atoms with Crippen LogP contribution < -0.4 is 0 Å². The predicted molar refractivity (Wildman–Crippen MR) is 59.8 cm³/mol. The van der Waals surface area contributed by atoms with Gasteiger partial charge in [0, 0.05) is 10.9 Å². The lowest BCUT2D eigenvalue weighted by molar-refractivity contribution is -0.109. The van der Waals surface area contributed by atoms with Crippen LogP contribution in [0, 0.1) is 0 Å². The Labute approximate surface area is 90.1 Å². The molecule has 14 heavy (non-hydrogen) atoms. The van der Waals surface area contributed by atoms with Gasteiger partial charge in [-0.25, -0.2) is 0 Å². The average molecular weight is 211 g/mol. The Morgan fingerprint density at radius 1 is 1.43 bits per heavy atom. The van der Waals surface area contributed by atoms with Gasteiger partial charge in [0.25, 0.3) is 0 Å². The van der Waals surface area contributed by atoms with Crippen LogP contribution in [0.25, 0.3) is 0 Å². The molecule has 0 saturated carbocycles. The SMILES string of the molecule is CCCCC(C=O)c1ccccc1Cl. The fourth-order valence-corrected chi connectivity index (χ4v) is 1.77. The van der Waals surface area contributed by atoms with Gasteiger partial charge in [-0.1, -0.05) is 49.6 Å². The molecule has 0 N–H and O–H groups in total. The molecule has 0 spiro atoms. The topological polar surface area (TPSA) is 17.1 Å². The van der Waals surface area contributed by atoms with Gasteiger partial charge in [0.05, 0.1) is 0 Å². The number of rotatable bonds is 5. The van der Waals surface area contributed by atoms with Crippen LogP contribution in [0.1, 0.15) is 37.7 Å². The van der Waals surface area contributed by atoms with Gasteiger partial charge in [-0.05, 0) is 18.1 Å². The highest BCUT2D eigenvalue weighted by Gasteiger charge is 2.12. The van der Waals surface area contributed by atoms with Gasteiger partial charge in [-0.2, -0.15) is 0 Å². The normalized spacial score (nSPS) is 12.4. The first-order valence-corrected chi connectivity index (χ1v) is 5.37. The van der Waals surface area contributed by atoms with Gasteiger partial charge in [0.15, 0.2) is 0 Å². The highest BCUT2D eigenvalue weighted by molar-refractivity contribution is 6.31. The van der Waals surface area contributed by atoms with Crippen LogP contribution in [-0.2, 0) is 4.79 Å². The highest BCUT2D eigenvalue weighted by atomic mass is 35.5. The molecular weight excluding hydrogens is 196 g/mol. The second kappa shape index (κ2) is 5.82. The first-order valence-electron chi connectivity index (χ1n) is 4.99. The standard InChI is InChI=1S/C12H15ClO/c1-2-3-6-10(9-14)11-7-4-5-8-12(11)13/h4-5,7-10H,2-3,6H2,1H3. The minimum Gasteiger partial charge on any atom is -0.303 e. The Kier molecular flexibility index (Phi) is 4.68. The molecule has 1 unspecified atom stereocenters. The van der Waals surface area contributed by atoms with Crippen LogP contribution >= 0.6 is 11.6 Å². The van der Waals surface area contributed by atoms with Crippen LogP contribution in [-0.4, -0.2) is 6.29 Å². The summed E-state index contributed by atoms with van der Waals surface area (Å²) in [5.74, 6) is -0.0383. The van der Waals surface area contributed by atoms with E-state index in [1.165, 1.54) is 0 Å². The molecule has 1 atom stereocenters. The summed E-state index contributed by atoms with van der Waals surface area (Å²) >= 11 is 6.02. The van der Waals surface area contributed by atoms with Gasteiger partial charge in [-0.3, -0.25) is 0 Å². The monoisotopic (exact) mass is 210 g/mol. The van der Waals surface area contributed by atoms with E-state index in [0.29, 0.717) is 5.02 Å². The zero-order chi connectivity index (χ0) is 10.4. The van der Waals surface area contributed by atoms with Crippen LogP contribution in [0.5, 0.6) is 0 Å². The third kappa shape index (κ3) is 2.85. The lowest BCUT2D eigenvalue weighted by Gasteiger charge is -2.11. The molecule has 0 aliphatic rings. The number of halogens is 1. The van der Waals surface area contributed by atoms with Crippen molar-refractivity contribution >= 4 is 17.9 Å². The van der Waals surface area contributed by atoms with Crippen LogP contribution in [0.4, 0.5) is 0 Å². The third-order valence-corrected chi connectivity index (χ3v) is 2.68. The summed E-state index contributed by atoms with van der Waals surface area (Å²) in [5, 5.41) is 0.695. The largest absolute Gasteiger partial charge is 0.303 e. The third-order valence-electron chi connectivity index (χ3n) is 2.34. The summed E-state index contributed by atoms with van der Waals surface area (Å²) in [4.78, 5) is 10.9. The number of hydrogen-bond acceptors (Lipinski definition) is 1. The zero-order valence-electron chi connectivity index (χ0n) is 8.37. The zero-order valence-corrected chi connectivity index (χ0v) is 9.13. The number of aldehydes is 1. The van der Waals surface area contributed by atoms with E-state index in [1.807, 2.05) is 24.3 Å². The van der Waals surface area contributed by atoms with E-state index >= 15 is 0 Å². The summed E-state index contributed by atoms with van der Waals surface area (Å²) in [6.07, 6.45) is 4.06. The molecule has 0 amide bonds. The molecule has 1 nitrogen and oxygen atoms in total. The molecule has 0 heterocycles. The van der Waals surface area contributed by atoms with Crippen molar-refractivity contribution in [3.05, 3.63) is 34.9 Å². The van der Waals surface area contributed by atoms with Crippen molar-refractivity contribution in [2.45, 2.75) is 32.1 Å². The maximum Gasteiger partial charge on any atom is 0.127 e. The van der Waals surface area contributed by atoms with Crippen LogP contribution in [0.2, 0.25) is 5.02 Å². The Morgan fingerprint density at radius 3 is 2.71 bits per heavy atom. The molecule has 0 fully saturated rings. The van der Waals surface area contributed by atoms with Crippen molar-refractivity contribution in [1.82, 2.24) is 0 Å². The smallest absolute Gasteiger partial charge is 0.127 e. The maximum atomic E-state index is 10.9. The first kappa shape index (κ1) is 11.3. The minimum absolute atomic E-state index is 0.0383. The van der Waals surface area contributed by atoms with Crippen LogP contribution in [0.15, 0.2) is 24.3 Å². The Balaban J connectivity index is 2.78. The molecule has 0 aromatic heterocycles. The van der Waals surface area contributed by atoms with Crippen molar-refractivity contribution in [3.8, 4) is 0 Å². The average Bonchev–Trinajstić information content (AvgIpc) is 2.21. The molecule has 0 aliphatic heterocycles. The summed E-state index contributed by atoms with van der Waals surface area (Å²) in [6.45, 7) is 2.12. The fourth-order valence-electron chi connectivity index (χ4n) is 1.50. The molecule has 76 valence electrons. The van der Waals surface area contributed by atoms with Gasteiger partial charge in [0.2, 0.25) is 0 Å². The first-order chi connectivity index (χ1) is 6.79. The summed E-state index contributed by atoms with van der Waals surface area (Å²) < 4.78 is 0. The van der Waals surface area contributed by atoms with Gasteiger partial charge >= 0.3 is 0 Å². The van der Waals surface area contributed by atoms with Gasteiger partial charge in [0.1, 0.15) is 6.29 Å². The number of benzene rings is 1.